The van der Waals surface area contributed by atoms with E-state index in [1.807, 2.05) is 31.2 Å². The molecule has 1 amide bonds. The van der Waals surface area contributed by atoms with Gasteiger partial charge in [0.15, 0.2) is 6.61 Å². The van der Waals surface area contributed by atoms with Crippen molar-refractivity contribution in [1.82, 2.24) is 0 Å². The van der Waals surface area contributed by atoms with Crippen LogP contribution in [0.5, 0.6) is 5.75 Å². The maximum Gasteiger partial charge on any atom is 0.338 e. The molecule has 25 heavy (non-hydrogen) atoms. The first-order valence-corrected chi connectivity index (χ1v) is 8.12. The molecule has 0 spiro atoms. The third kappa shape index (κ3) is 5.08. The van der Waals surface area contributed by atoms with Crippen LogP contribution < -0.4 is 10.1 Å². The SMILES string of the molecule is COc1cc(C(=O)OCC(=O)Nc2ccc(C(C)C)cc2)ccc1C. The summed E-state index contributed by atoms with van der Waals surface area (Å²) in [4.78, 5) is 24.0. The summed E-state index contributed by atoms with van der Waals surface area (Å²) in [5, 5.41) is 2.71. The van der Waals surface area contributed by atoms with Crippen molar-refractivity contribution in [3.63, 3.8) is 0 Å². The van der Waals surface area contributed by atoms with Crippen LogP contribution in [-0.4, -0.2) is 25.6 Å². The number of rotatable bonds is 6. The lowest BCUT2D eigenvalue weighted by Crippen LogP contribution is -2.21. The molecular weight excluding hydrogens is 318 g/mol. The smallest absolute Gasteiger partial charge is 0.338 e. The highest BCUT2D eigenvalue weighted by atomic mass is 16.5. The van der Waals surface area contributed by atoms with Crippen LogP contribution in [0.3, 0.4) is 0 Å². The number of nitrogens with one attached hydrogen (secondary N) is 1. The summed E-state index contributed by atoms with van der Waals surface area (Å²) in [6.07, 6.45) is 0. The van der Waals surface area contributed by atoms with Crippen molar-refractivity contribution in [1.29, 1.82) is 0 Å². The fraction of sp³-hybridized carbons (Fsp3) is 0.300. The van der Waals surface area contributed by atoms with E-state index in [1.54, 1.807) is 18.2 Å². The molecule has 2 rings (SSSR count). The molecule has 5 heteroatoms. The molecule has 0 aromatic heterocycles. The van der Waals surface area contributed by atoms with Gasteiger partial charge in [0.1, 0.15) is 5.75 Å². The topological polar surface area (TPSA) is 64.6 Å². The molecule has 0 atom stereocenters. The van der Waals surface area contributed by atoms with Crippen molar-refractivity contribution in [2.24, 2.45) is 0 Å². The molecule has 0 aliphatic heterocycles. The Morgan fingerprint density at radius 3 is 2.36 bits per heavy atom. The molecule has 0 aliphatic carbocycles. The fourth-order valence-corrected chi connectivity index (χ4v) is 2.31. The highest BCUT2D eigenvalue weighted by Crippen LogP contribution is 2.20. The van der Waals surface area contributed by atoms with Crippen molar-refractivity contribution in [2.45, 2.75) is 26.7 Å². The Kier molecular flexibility index (Phi) is 6.17. The highest BCUT2D eigenvalue weighted by molar-refractivity contribution is 5.95. The van der Waals surface area contributed by atoms with Gasteiger partial charge in [-0.05, 0) is 48.2 Å². The quantitative estimate of drug-likeness (QED) is 0.809. The van der Waals surface area contributed by atoms with Gasteiger partial charge in [-0.25, -0.2) is 4.79 Å². The first-order valence-electron chi connectivity index (χ1n) is 8.12. The van der Waals surface area contributed by atoms with Gasteiger partial charge in [-0.15, -0.1) is 0 Å². The van der Waals surface area contributed by atoms with E-state index in [9.17, 15) is 9.59 Å². The number of hydrogen-bond donors (Lipinski definition) is 1. The number of hydrogen-bond acceptors (Lipinski definition) is 4. The molecule has 0 fully saturated rings. The lowest BCUT2D eigenvalue weighted by atomic mass is 10.0. The Morgan fingerprint density at radius 2 is 1.76 bits per heavy atom. The van der Waals surface area contributed by atoms with Crippen LogP contribution in [0.25, 0.3) is 0 Å². The van der Waals surface area contributed by atoms with Crippen LogP contribution in [0.15, 0.2) is 42.5 Å². The second-order valence-corrected chi connectivity index (χ2v) is 6.09. The van der Waals surface area contributed by atoms with Crippen LogP contribution in [0.4, 0.5) is 5.69 Å². The summed E-state index contributed by atoms with van der Waals surface area (Å²) in [5.74, 6) is 0.0784. The minimum atomic E-state index is -0.566. The summed E-state index contributed by atoms with van der Waals surface area (Å²) >= 11 is 0. The number of carbonyl (C=O) groups is 2. The van der Waals surface area contributed by atoms with E-state index in [4.69, 9.17) is 9.47 Å². The molecule has 0 aliphatic rings. The van der Waals surface area contributed by atoms with Gasteiger partial charge in [0, 0.05) is 5.69 Å². The Hall–Kier alpha value is -2.82. The molecule has 0 saturated carbocycles. The number of esters is 1. The molecule has 0 saturated heterocycles. The molecule has 5 nitrogen and oxygen atoms in total. The van der Waals surface area contributed by atoms with Crippen LogP contribution in [0.1, 0.15) is 41.3 Å². The van der Waals surface area contributed by atoms with E-state index in [0.29, 0.717) is 22.9 Å². The van der Waals surface area contributed by atoms with E-state index in [2.05, 4.69) is 19.2 Å². The third-order valence-electron chi connectivity index (χ3n) is 3.84. The minimum Gasteiger partial charge on any atom is -0.496 e. The lowest BCUT2D eigenvalue weighted by Gasteiger charge is -2.10. The van der Waals surface area contributed by atoms with E-state index >= 15 is 0 Å². The normalized spacial score (nSPS) is 10.4. The maximum absolute atomic E-state index is 12.0. The van der Waals surface area contributed by atoms with Crippen LogP contribution in [0, 0.1) is 6.92 Å². The van der Waals surface area contributed by atoms with Crippen LogP contribution >= 0.6 is 0 Å². The zero-order chi connectivity index (χ0) is 18.4. The molecule has 0 bridgehead atoms. The number of carbonyl (C=O) groups excluding carboxylic acids is 2. The van der Waals surface area contributed by atoms with Gasteiger partial charge in [-0.3, -0.25) is 4.79 Å². The second-order valence-electron chi connectivity index (χ2n) is 6.09. The minimum absolute atomic E-state index is 0.344. The largest absolute Gasteiger partial charge is 0.496 e. The molecular formula is C20H23NO4. The van der Waals surface area contributed by atoms with E-state index in [1.165, 1.54) is 12.7 Å². The maximum atomic E-state index is 12.0. The predicted octanol–water partition coefficient (Wildman–Crippen LogP) is 3.92. The first kappa shape index (κ1) is 18.5. The van der Waals surface area contributed by atoms with Crippen molar-refractivity contribution in [3.05, 3.63) is 59.2 Å². The Balaban J connectivity index is 1.90. The Morgan fingerprint density at radius 1 is 1.08 bits per heavy atom. The second kappa shape index (κ2) is 8.33. The van der Waals surface area contributed by atoms with Crippen molar-refractivity contribution in [3.8, 4) is 5.75 Å². The summed E-state index contributed by atoms with van der Waals surface area (Å²) in [5.41, 5.74) is 3.12. The van der Waals surface area contributed by atoms with Gasteiger partial charge in [0.25, 0.3) is 5.91 Å². The monoisotopic (exact) mass is 341 g/mol. The van der Waals surface area contributed by atoms with Gasteiger partial charge < -0.3 is 14.8 Å². The van der Waals surface area contributed by atoms with Gasteiger partial charge in [-0.2, -0.15) is 0 Å². The first-order chi connectivity index (χ1) is 11.9. The summed E-state index contributed by atoms with van der Waals surface area (Å²) < 4.78 is 10.2. The number of methoxy groups -OCH3 is 1. The highest BCUT2D eigenvalue weighted by Gasteiger charge is 2.12. The van der Waals surface area contributed by atoms with Gasteiger partial charge >= 0.3 is 5.97 Å². The van der Waals surface area contributed by atoms with E-state index < -0.39 is 5.97 Å². The summed E-state index contributed by atoms with van der Waals surface area (Å²) in [6.45, 7) is 5.74. The Bertz CT molecular complexity index is 751. The van der Waals surface area contributed by atoms with Gasteiger partial charge in [0.05, 0.1) is 12.7 Å². The van der Waals surface area contributed by atoms with Crippen LogP contribution in [0.2, 0.25) is 0 Å². The zero-order valence-electron chi connectivity index (χ0n) is 15.0. The van der Waals surface area contributed by atoms with E-state index in [-0.39, 0.29) is 12.5 Å². The number of benzene rings is 2. The van der Waals surface area contributed by atoms with Gasteiger partial charge in [0.2, 0.25) is 0 Å². The molecule has 1 N–H and O–H groups in total. The molecule has 0 radical (unpaired) electrons. The number of ether oxygens (including phenoxy) is 2. The molecule has 0 unspecified atom stereocenters. The van der Waals surface area contributed by atoms with Crippen molar-refractivity contribution < 1.29 is 19.1 Å². The zero-order valence-corrected chi connectivity index (χ0v) is 15.0. The average molecular weight is 341 g/mol. The van der Waals surface area contributed by atoms with Crippen molar-refractivity contribution in [2.75, 3.05) is 19.0 Å². The number of aryl methyl sites for hydroxylation is 1. The molecule has 2 aromatic rings. The summed E-state index contributed by atoms with van der Waals surface area (Å²) in [7, 11) is 1.54. The van der Waals surface area contributed by atoms with Crippen LogP contribution in [-0.2, 0) is 9.53 Å². The Labute approximate surface area is 148 Å². The fourth-order valence-electron chi connectivity index (χ4n) is 2.31. The number of amides is 1. The average Bonchev–Trinajstić information content (AvgIpc) is 2.60. The third-order valence-corrected chi connectivity index (χ3v) is 3.84. The standard InChI is InChI=1S/C20H23NO4/c1-13(2)15-7-9-17(10-8-15)21-19(22)12-25-20(23)16-6-5-14(3)18(11-16)24-4/h5-11,13H,12H2,1-4H3,(H,21,22). The molecule has 0 heterocycles. The summed E-state index contributed by atoms with van der Waals surface area (Å²) in [6, 6.07) is 12.6. The lowest BCUT2D eigenvalue weighted by molar-refractivity contribution is -0.119. The number of anilines is 1. The molecule has 132 valence electrons. The molecule has 2 aromatic carbocycles. The predicted molar refractivity (Wildman–Crippen MR) is 97.2 cm³/mol. The van der Waals surface area contributed by atoms with Gasteiger partial charge in [-0.1, -0.05) is 32.0 Å². The van der Waals surface area contributed by atoms with E-state index in [0.717, 1.165) is 5.56 Å². The van der Waals surface area contributed by atoms with Crippen molar-refractivity contribution >= 4 is 17.6 Å².